The normalized spacial score (nSPS) is 15.4. The predicted molar refractivity (Wildman–Crippen MR) is 123 cm³/mol. The highest BCUT2D eigenvalue weighted by atomic mass is 16.6. The van der Waals surface area contributed by atoms with E-state index < -0.39 is 11.2 Å². The minimum Gasteiger partial charge on any atom is -0.488 e. The number of hydrogen-bond acceptors (Lipinski definition) is 7. The van der Waals surface area contributed by atoms with Crippen LogP contribution in [0.2, 0.25) is 0 Å². The molecule has 0 amide bonds. The number of benzene rings is 2. The first-order valence-electron chi connectivity index (χ1n) is 10.6. The predicted octanol–water partition coefficient (Wildman–Crippen LogP) is 5.18. The van der Waals surface area contributed by atoms with Crippen LogP contribution in [0.3, 0.4) is 0 Å². The molecular weight excluding hydrogens is 406 g/mol. The molecule has 2 aromatic carbocycles. The fraction of sp³-hybridized carbons (Fsp3) is 0.400. The SMILES string of the molecule is CC(C)(C)Oc1cc(C(C)(C)O)c2nc(Nc3ccc4c(c3)C(C)(C)OC4=O)ncc2c1. The van der Waals surface area contributed by atoms with Gasteiger partial charge in [-0.05, 0) is 78.8 Å². The maximum atomic E-state index is 12.0. The average molecular weight is 436 g/mol. The van der Waals surface area contributed by atoms with Gasteiger partial charge in [0.2, 0.25) is 5.95 Å². The summed E-state index contributed by atoms with van der Waals surface area (Å²) in [4.78, 5) is 21.2. The van der Waals surface area contributed by atoms with Gasteiger partial charge in [0.1, 0.15) is 17.0 Å². The van der Waals surface area contributed by atoms with Gasteiger partial charge in [0.25, 0.3) is 0 Å². The summed E-state index contributed by atoms with van der Waals surface area (Å²) in [5.74, 6) is 0.717. The highest BCUT2D eigenvalue weighted by Gasteiger charge is 2.37. The van der Waals surface area contributed by atoms with Crippen LogP contribution in [-0.2, 0) is 15.9 Å². The third-order valence-electron chi connectivity index (χ3n) is 5.23. The number of aromatic nitrogens is 2. The minimum atomic E-state index is -1.13. The van der Waals surface area contributed by atoms with E-state index in [1.807, 2.05) is 52.8 Å². The summed E-state index contributed by atoms with van der Waals surface area (Å²) in [7, 11) is 0. The van der Waals surface area contributed by atoms with Crippen LogP contribution in [0.4, 0.5) is 11.6 Å². The van der Waals surface area contributed by atoms with Crippen molar-refractivity contribution in [2.24, 2.45) is 0 Å². The number of carbonyl (C=O) groups is 1. The van der Waals surface area contributed by atoms with Gasteiger partial charge < -0.3 is 19.9 Å². The van der Waals surface area contributed by atoms with E-state index in [1.165, 1.54) is 0 Å². The molecule has 0 fully saturated rings. The van der Waals surface area contributed by atoms with Crippen molar-refractivity contribution in [1.82, 2.24) is 9.97 Å². The molecule has 1 aliphatic rings. The molecule has 0 unspecified atom stereocenters. The second-order valence-electron chi connectivity index (χ2n) is 10.2. The fourth-order valence-corrected chi connectivity index (χ4v) is 3.83. The quantitative estimate of drug-likeness (QED) is 0.545. The number of esters is 1. The molecule has 0 saturated heterocycles. The van der Waals surface area contributed by atoms with Crippen molar-refractivity contribution in [2.45, 2.75) is 65.3 Å². The average Bonchev–Trinajstić information content (AvgIpc) is 2.87. The van der Waals surface area contributed by atoms with Gasteiger partial charge in [-0.3, -0.25) is 0 Å². The van der Waals surface area contributed by atoms with Crippen LogP contribution < -0.4 is 10.1 Å². The van der Waals surface area contributed by atoms with Crippen LogP contribution in [0.5, 0.6) is 5.75 Å². The lowest BCUT2D eigenvalue weighted by Crippen LogP contribution is -2.24. The number of aliphatic hydroxyl groups is 1. The van der Waals surface area contributed by atoms with Gasteiger partial charge in [-0.25, -0.2) is 14.8 Å². The zero-order valence-corrected chi connectivity index (χ0v) is 19.5. The van der Waals surface area contributed by atoms with E-state index in [0.717, 1.165) is 16.6 Å². The number of nitrogens with one attached hydrogen (secondary N) is 1. The Balaban J connectivity index is 1.74. The highest BCUT2D eigenvalue weighted by Crippen LogP contribution is 2.38. The first-order chi connectivity index (χ1) is 14.7. The molecule has 0 bridgehead atoms. The third kappa shape index (κ3) is 4.25. The second kappa shape index (κ2) is 7.17. The summed E-state index contributed by atoms with van der Waals surface area (Å²) in [6, 6.07) is 9.12. The molecule has 1 aromatic heterocycles. The number of hydrogen-bond donors (Lipinski definition) is 2. The maximum Gasteiger partial charge on any atom is 0.339 e. The molecule has 2 heterocycles. The summed E-state index contributed by atoms with van der Waals surface area (Å²) in [5, 5.41) is 14.8. The number of rotatable bonds is 4. The van der Waals surface area contributed by atoms with E-state index in [4.69, 9.17) is 9.47 Å². The molecule has 0 atom stereocenters. The van der Waals surface area contributed by atoms with Crippen molar-refractivity contribution in [2.75, 3.05) is 5.32 Å². The number of nitrogens with zero attached hydrogens (tertiary/aromatic N) is 2. The summed E-state index contributed by atoms with van der Waals surface area (Å²) in [6.45, 7) is 13.1. The van der Waals surface area contributed by atoms with E-state index in [-0.39, 0.29) is 11.6 Å². The van der Waals surface area contributed by atoms with E-state index in [1.54, 1.807) is 32.2 Å². The van der Waals surface area contributed by atoms with Crippen LogP contribution in [0.1, 0.15) is 70.0 Å². The summed E-state index contributed by atoms with van der Waals surface area (Å²) >= 11 is 0. The van der Waals surface area contributed by atoms with E-state index in [0.29, 0.717) is 28.3 Å². The molecule has 32 heavy (non-hydrogen) atoms. The molecule has 4 rings (SSSR count). The van der Waals surface area contributed by atoms with Crippen molar-refractivity contribution < 1.29 is 19.4 Å². The Hall–Kier alpha value is -3.19. The Morgan fingerprint density at radius 3 is 2.47 bits per heavy atom. The van der Waals surface area contributed by atoms with Gasteiger partial charge in [0.05, 0.1) is 16.7 Å². The first kappa shape index (κ1) is 22.0. The number of carbonyl (C=O) groups excluding carboxylic acids is 1. The van der Waals surface area contributed by atoms with Crippen LogP contribution in [0.25, 0.3) is 10.9 Å². The number of anilines is 2. The summed E-state index contributed by atoms with van der Waals surface area (Å²) in [6.07, 6.45) is 1.71. The van der Waals surface area contributed by atoms with Gasteiger partial charge in [0, 0.05) is 28.4 Å². The Morgan fingerprint density at radius 2 is 1.81 bits per heavy atom. The van der Waals surface area contributed by atoms with E-state index in [9.17, 15) is 9.90 Å². The second-order valence-corrected chi connectivity index (χ2v) is 10.2. The van der Waals surface area contributed by atoms with Crippen molar-refractivity contribution >= 4 is 28.5 Å². The standard InChI is InChI=1S/C25H29N3O4/c1-23(2,3)31-16-10-14-13-26-22(28-20(14)19(12-16)24(4,5)30)27-15-8-9-17-18(11-15)25(6,7)32-21(17)29/h8-13,30H,1-7H3,(H,26,27,28). The molecule has 2 N–H and O–H groups in total. The lowest BCUT2D eigenvalue weighted by Gasteiger charge is -2.25. The highest BCUT2D eigenvalue weighted by molar-refractivity contribution is 5.95. The zero-order chi connectivity index (χ0) is 23.5. The van der Waals surface area contributed by atoms with Crippen LogP contribution >= 0.6 is 0 Å². The molecular formula is C25H29N3O4. The molecule has 7 nitrogen and oxygen atoms in total. The number of cyclic esters (lactones) is 1. The fourth-order valence-electron chi connectivity index (χ4n) is 3.83. The number of ether oxygens (including phenoxy) is 2. The Bertz CT molecular complexity index is 1220. The van der Waals surface area contributed by atoms with E-state index >= 15 is 0 Å². The third-order valence-corrected chi connectivity index (χ3v) is 5.23. The van der Waals surface area contributed by atoms with Gasteiger partial charge in [0.15, 0.2) is 0 Å². The lowest BCUT2D eigenvalue weighted by molar-refractivity contribution is 0.00953. The minimum absolute atomic E-state index is 0.318. The van der Waals surface area contributed by atoms with Gasteiger partial charge in [-0.2, -0.15) is 0 Å². The maximum absolute atomic E-state index is 12.0. The van der Waals surface area contributed by atoms with Crippen molar-refractivity contribution in [1.29, 1.82) is 0 Å². The van der Waals surface area contributed by atoms with Crippen molar-refractivity contribution in [3.63, 3.8) is 0 Å². The van der Waals surface area contributed by atoms with Crippen molar-refractivity contribution in [3.05, 3.63) is 53.2 Å². The Kier molecular flexibility index (Phi) is 4.93. The zero-order valence-electron chi connectivity index (χ0n) is 19.5. The van der Waals surface area contributed by atoms with Crippen LogP contribution in [0.15, 0.2) is 36.5 Å². The van der Waals surface area contributed by atoms with Gasteiger partial charge in [-0.15, -0.1) is 0 Å². The molecule has 0 radical (unpaired) electrons. The topological polar surface area (TPSA) is 93.6 Å². The summed E-state index contributed by atoms with van der Waals surface area (Å²) in [5.41, 5.74) is 1.21. The van der Waals surface area contributed by atoms with Crippen LogP contribution in [0, 0.1) is 0 Å². The molecule has 3 aromatic rings. The smallest absolute Gasteiger partial charge is 0.339 e. The molecule has 0 aliphatic carbocycles. The monoisotopic (exact) mass is 435 g/mol. The number of fused-ring (bicyclic) bond motifs is 2. The Morgan fingerprint density at radius 1 is 1.09 bits per heavy atom. The van der Waals surface area contributed by atoms with E-state index in [2.05, 4.69) is 15.3 Å². The van der Waals surface area contributed by atoms with Gasteiger partial charge >= 0.3 is 5.97 Å². The molecule has 1 aliphatic heterocycles. The molecule has 7 heteroatoms. The van der Waals surface area contributed by atoms with Crippen molar-refractivity contribution in [3.8, 4) is 5.75 Å². The Labute approximate surface area is 187 Å². The van der Waals surface area contributed by atoms with Gasteiger partial charge in [-0.1, -0.05) is 0 Å². The first-order valence-corrected chi connectivity index (χ1v) is 10.6. The molecule has 0 saturated carbocycles. The lowest BCUT2D eigenvalue weighted by atomic mass is 9.95. The summed E-state index contributed by atoms with van der Waals surface area (Å²) < 4.78 is 11.5. The molecule has 168 valence electrons. The van der Waals surface area contributed by atoms with Crippen LogP contribution in [-0.4, -0.2) is 26.6 Å². The molecule has 0 spiro atoms. The largest absolute Gasteiger partial charge is 0.488 e.